The van der Waals surface area contributed by atoms with Crippen molar-refractivity contribution in [3.05, 3.63) is 36.5 Å². The Morgan fingerprint density at radius 3 is 1.00 bits per heavy atom. The second-order valence-electron chi connectivity index (χ2n) is 19.4. The third kappa shape index (κ3) is 54.9. The van der Waals surface area contributed by atoms with Gasteiger partial charge in [-0.05, 0) is 51.4 Å². The molecular formula is C59H112O4. The predicted molar refractivity (Wildman–Crippen MR) is 279 cm³/mol. The molecule has 0 bridgehead atoms. The SMILES string of the molecule is CCCCCCC/C=C\C/C=C\C/C=C\CCCCCCCCCCCCC(=O)OC(CO)COCCCCCCCCCCCCCCCCCCCCCCCCCCCC. The molecule has 0 fully saturated rings. The van der Waals surface area contributed by atoms with E-state index < -0.39 is 6.10 Å². The van der Waals surface area contributed by atoms with Gasteiger partial charge in [0.05, 0.1) is 13.2 Å². The maximum Gasteiger partial charge on any atom is 0.306 e. The van der Waals surface area contributed by atoms with Crippen LogP contribution in [-0.2, 0) is 14.3 Å². The quantitative estimate of drug-likeness (QED) is 0.0376. The summed E-state index contributed by atoms with van der Waals surface area (Å²) in [5, 5.41) is 9.68. The summed E-state index contributed by atoms with van der Waals surface area (Å²) in [7, 11) is 0. The molecular weight excluding hydrogens is 773 g/mol. The Kier molecular flexibility index (Phi) is 55.5. The normalized spacial score (nSPS) is 12.5. The van der Waals surface area contributed by atoms with Crippen LogP contribution in [0.15, 0.2) is 36.5 Å². The summed E-state index contributed by atoms with van der Waals surface area (Å²) in [4.78, 5) is 12.3. The van der Waals surface area contributed by atoms with Crippen LogP contribution in [0.5, 0.6) is 0 Å². The summed E-state index contributed by atoms with van der Waals surface area (Å²) in [6.07, 6.45) is 74.1. The minimum absolute atomic E-state index is 0.169. The fraction of sp³-hybridized carbons (Fsp3) is 0.881. The average molecular weight is 886 g/mol. The summed E-state index contributed by atoms with van der Waals surface area (Å²) in [6, 6.07) is 0. The highest BCUT2D eigenvalue weighted by atomic mass is 16.6. The molecule has 1 atom stereocenters. The molecule has 0 aliphatic carbocycles. The fourth-order valence-electron chi connectivity index (χ4n) is 8.69. The predicted octanol–water partition coefficient (Wildman–Crippen LogP) is 19.6. The smallest absolute Gasteiger partial charge is 0.306 e. The van der Waals surface area contributed by atoms with Gasteiger partial charge in [0.25, 0.3) is 0 Å². The molecule has 0 amide bonds. The van der Waals surface area contributed by atoms with Crippen LogP contribution in [0.4, 0.5) is 0 Å². The van der Waals surface area contributed by atoms with Crippen molar-refractivity contribution in [1.82, 2.24) is 0 Å². The largest absolute Gasteiger partial charge is 0.457 e. The zero-order valence-corrected chi connectivity index (χ0v) is 42.9. The molecule has 4 nitrogen and oxygen atoms in total. The van der Waals surface area contributed by atoms with E-state index in [-0.39, 0.29) is 12.6 Å². The number of ether oxygens (including phenoxy) is 2. The van der Waals surface area contributed by atoms with Crippen molar-refractivity contribution >= 4 is 5.97 Å². The van der Waals surface area contributed by atoms with Crippen molar-refractivity contribution in [2.24, 2.45) is 0 Å². The van der Waals surface area contributed by atoms with E-state index in [0.29, 0.717) is 19.6 Å². The lowest BCUT2D eigenvalue weighted by atomic mass is 10.0. The van der Waals surface area contributed by atoms with Crippen molar-refractivity contribution in [3.63, 3.8) is 0 Å². The van der Waals surface area contributed by atoms with Crippen LogP contribution >= 0.6 is 0 Å². The van der Waals surface area contributed by atoms with Crippen LogP contribution in [0.3, 0.4) is 0 Å². The number of hydrogen-bond acceptors (Lipinski definition) is 4. The molecule has 0 aromatic carbocycles. The Bertz CT molecular complexity index is 940. The Hall–Kier alpha value is -1.39. The van der Waals surface area contributed by atoms with Gasteiger partial charge in [-0.1, -0.05) is 288 Å². The van der Waals surface area contributed by atoms with E-state index in [1.807, 2.05) is 0 Å². The van der Waals surface area contributed by atoms with Gasteiger partial charge in [0.15, 0.2) is 0 Å². The fourth-order valence-corrected chi connectivity index (χ4v) is 8.69. The Morgan fingerprint density at radius 2 is 0.667 bits per heavy atom. The van der Waals surface area contributed by atoms with E-state index in [1.54, 1.807) is 0 Å². The summed E-state index contributed by atoms with van der Waals surface area (Å²) < 4.78 is 11.2. The van der Waals surface area contributed by atoms with E-state index in [2.05, 4.69) is 50.3 Å². The second-order valence-corrected chi connectivity index (χ2v) is 19.4. The number of aliphatic hydroxyl groups is 1. The van der Waals surface area contributed by atoms with Crippen LogP contribution < -0.4 is 0 Å². The lowest BCUT2D eigenvalue weighted by Gasteiger charge is -2.16. The molecule has 4 heteroatoms. The maximum atomic E-state index is 12.3. The summed E-state index contributed by atoms with van der Waals surface area (Å²) in [5.74, 6) is -0.198. The highest BCUT2D eigenvalue weighted by Crippen LogP contribution is 2.17. The molecule has 0 aliphatic heterocycles. The number of hydrogen-bond donors (Lipinski definition) is 1. The monoisotopic (exact) mass is 885 g/mol. The van der Waals surface area contributed by atoms with Crippen LogP contribution in [0.2, 0.25) is 0 Å². The zero-order chi connectivity index (χ0) is 45.5. The Labute approximate surface area is 395 Å². The average Bonchev–Trinajstić information content (AvgIpc) is 3.29. The molecule has 1 N–H and O–H groups in total. The highest BCUT2D eigenvalue weighted by Gasteiger charge is 2.13. The lowest BCUT2D eigenvalue weighted by Crippen LogP contribution is -2.27. The molecule has 0 saturated heterocycles. The molecule has 0 rings (SSSR count). The number of allylic oxidation sites excluding steroid dienone is 6. The second kappa shape index (κ2) is 56.7. The molecule has 0 aromatic heterocycles. The Morgan fingerprint density at radius 1 is 0.381 bits per heavy atom. The standard InChI is InChI=1S/C59H112O4/c1-3-5-7-9-11-13-15-17-19-21-23-25-27-29-31-33-35-37-39-41-43-45-47-49-51-53-55-62-57-58(56-60)63-59(61)54-52-50-48-46-44-42-40-38-36-34-32-30-28-26-24-22-20-18-16-14-12-10-8-6-4-2/h16,18,22,24,28,30,58,60H,3-15,17,19-21,23,25-27,29,31-57H2,1-2H3/b18-16-,24-22-,30-28-. The molecule has 0 heterocycles. The van der Waals surface area contributed by atoms with Gasteiger partial charge in [0.2, 0.25) is 0 Å². The van der Waals surface area contributed by atoms with Gasteiger partial charge in [-0.15, -0.1) is 0 Å². The van der Waals surface area contributed by atoms with Crippen LogP contribution in [-0.4, -0.2) is 37.0 Å². The molecule has 63 heavy (non-hydrogen) atoms. The first-order chi connectivity index (χ1) is 31.2. The first-order valence-corrected chi connectivity index (χ1v) is 28.6. The molecule has 372 valence electrons. The van der Waals surface area contributed by atoms with Crippen molar-refractivity contribution < 1.29 is 19.4 Å². The van der Waals surface area contributed by atoms with Gasteiger partial charge < -0.3 is 14.6 Å². The van der Waals surface area contributed by atoms with Crippen molar-refractivity contribution in [1.29, 1.82) is 0 Å². The summed E-state index contributed by atoms with van der Waals surface area (Å²) in [6.45, 7) is 5.39. The molecule has 0 radical (unpaired) electrons. The van der Waals surface area contributed by atoms with Gasteiger partial charge >= 0.3 is 5.97 Å². The third-order valence-corrected chi connectivity index (χ3v) is 13.0. The molecule has 0 aliphatic rings. The number of aliphatic hydroxyl groups excluding tert-OH is 1. The van der Waals surface area contributed by atoms with Gasteiger partial charge in [0, 0.05) is 13.0 Å². The van der Waals surface area contributed by atoms with Crippen LogP contribution in [0.1, 0.15) is 309 Å². The zero-order valence-electron chi connectivity index (χ0n) is 42.9. The Balaban J connectivity index is 3.37. The first kappa shape index (κ1) is 61.6. The van der Waals surface area contributed by atoms with Gasteiger partial charge in [-0.2, -0.15) is 0 Å². The highest BCUT2D eigenvalue weighted by molar-refractivity contribution is 5.69. The van der Waals surface area contributed by atoms with E-state index in [1.165, 1.54) is 257 Å². The van der Waals surface area contributed by atoms with Crippen LogP contribution in [0, 0.1) is 0 Å². The number of unbranched alkanes of at least 4 members (excludes halogenated alkanes) is 40. The third-order valence-electron chi connectivity index (χ3n) is 13.0. The van der Waals surface area contributed by atoms with E-state index in [0.717, 1.165) is 32.1 Å². The van der Waals surface area contributed by atoms with Crippen molar-refractivity contribution in [3.8, 4) is 0 Å². The lowest BCUT2D eigenvalue weighted by molar-refractivity contribution is -0.154. The first-order valence-electron chi connectivity index (χ1n) is 28.6. The molecule has 0 spiro atoms. The minimum atomic E-state index is -0.535. The topological polar surface area (TPSA) is 55.8 Å². The molecule has 0 aromatic rings. The minimum Gasteiger partial charge on any atom is -0.457 e. The maximum absolute atomic E-state index is 12.3. The number of carbonyl (C=O) groups is 1. The summed E-state index contributed by atoms with van der Waals surface area (Å²) in [5.41, 5.74) is 0. The van der Waals surface area contributed by atoms with E-state index in [9.17, 15) is 9.90 Å². The van der Waals surface area contributed by atoms with Gasteiger partial charge in [-0.25, -0.2) is 0 Å². The number of esters is 1. The number of rotatable bonds is 54. The molecule has 0 saturated carbocycles. The number of carbonyl (C=O) groups excluding carboxylic acids is 1. The van der Waals surface area contributed by atoms with Gasteiger partial charge in [-0.3, -0.25) is 4.79 Å². The van der Waals surface area contributed by atoms with Gasteiger partial charge in [0.1, 0.15) is 6.10 Å². The van der Waals surface area contributed by atoms with E-state index >= 15 is 0 Å². The van der Waals surface area contributed by atoms with Crippen molar-refractivity contribution in [2.45, 2.75) is 315 Å². The molecule has 1 unspecified atom stereocenters. The van der Waals surface area contributed by atoms with Crippen molar-refractivity contribution in [2.75, 3.05) is 19.8 Å². The van der Waals surface area contributed by atoms with Crippen LogP contribution in [0.25, 0.3) is 0 Å². The van der Waals surface area contributed by atoms with E-state index in [4.69, 9.17) is 9.47 Å². The summed E-state index contributed by atoms with van der Waals surface area (Å²) >= 11 is 0.